The minimum absolute atomic E-state index is 0.247. The van der Waals surface area contributed by atoms with E-state index in [1.807, 2.05) is 0 Å². The lowest BCUT2D eigenvalue weighted by atomic mass is 9.98. The third kappa shape index (κ3) is 4.63. The monoisotopic (exact) mass is 355 g/mol. The maximum atomic E-state index is 5.86. The molecule has 21 heavy (non-hydrogen) atoms. The number of ether oxygens (including phenoxy) is 2. The first-order valence-corrected chi connectivity index (χ1v) is 8.53. The number of halogens is 1. The fraction of sp³-hybridized carbons (Fsp3) is 0.733. The predicted molar refractivity (Wildman–Crippen MR) is 83.4 cm³/mol. The van der Waals surface area contributed by atoms with E-state index < -0.39 is 0 Å². The van der Waals surface area contributed by atoms with Gasteiger partial charge in [0.05, 0.1) is 4.47 Å². The van der Waals surface area contributed by atoms with Crippen molar-refractivity contribution in [2.24, 2.45) is 5.92 Å². The Hall–Kier alpha value is -0.720. The molecule has 0 bridgehead atoms. The van der Waals surface area contributed by atoms with E-state index in [1.165, 1.54) is 19.4 Å². The van der Waals surface area contributed by atoms with Gasteiger partial charge in [-0.25, -0.2) is 9.97 Å². The molecule has 0 aliphatic carbocycles. The number of rotatable bonds is 4. The molecule has 0 saturated carbocycles. The van der Waals surface area contributed by atoms with Crippen LogP contribution in [0.1, 0.15) is 25.7 Å². The van der Waals surface area contributed by atoms with Gasteiger partial charge in [-0.2, -0.15) is 0 Å². The lowest BCUT2D eigenvalue weighted by Gasteiger charge is -2.34. The zero-order chi connectivity index (χ0) is 14.5. The van der Waals surface area contributed by atoms with Crippen molar-refractivity contribution in [1.82, 2.24) is 14.9 Å². The van der Waals surface area contributed by atoms with Gasteiger partial charge in [0.1, 0.15) is 6.10 Å². The SMILES string of the molecule is Brc1cnc(OC2CCN(CC3CCOCC3)CC2)nc1. The lowest BCUT2D eigenvalue weighted by Crippen LogP contribution is -2.41. The topological polar surface area (TPSA) is 47.5 Å². The molecule has 1 aromatic rings. The van der Waals surface area contributed by atoms with E-state index >= 15 is 0 Å². The van der Waals surface area contributed by atoms with Crippen molar-refractivity contribution < 1.29 is 9.47 Å². The van der Waals surface area contributed by atoms with Gasteiger partial charge in [-0.15, -0.1) is 0 Å². The predicted octanol–water partition coefficient (Wildman–Crippen LogP) is 2.51. The van der Waals surface area contributed by atoms with Crippen molar-refractivity contribution in [3.8, 4) is 6.01 Å². The molecule has 3 rings (SSSR count). The maximum Gasteiger partial charge on any atom is 0.316 e. The molecule has 116 valence electrons. The van der Waals surface area contributed by atoms with Gasteiger partial charge in [0.2, 0.25) is 0 Å². The molecule has 0 spiro atoms. The molecule has 3 heterocycles. The van der Waals surface area contributed by atoms with E-state index in [0.29, 0.717) is 6.01 Å². The third-order valence-corrected chi connectivity index (χ3v) is 4.67. The van der Waals surface area contributed by atoms with Crippen molar-refractivity contribution in [3.63, 3.8) is 0 Å². The van der Waals surface area contributed by atoms with Crippen molar-refractivity contribution in [1.29, 1.82) is 0 Å². The highest BCUT2D eigenvalue weighted by Crippen LogP contribution is 2.21. The summed E-state index contributed by atoms with van der Waals surface area (Å²) in [6.07, 6.45) is 8.24. The first kappa shape index (κ1) is 15.2. The first-order chi connectivity index (χ1) is 10.3. The Morgan fingerprint density at radius 3 is 2.48 bits per heavy atom. The van der Waals surface area contributed by atoms with Gasteiger partial charge >= 0.3 is 6.01 Å². The van der Waals surface area contributed by atoms with Gasteiger partial charge in [0.15, 0.2) is 0 Å². The third-order valence-electron chi connectivity index (χ3n) is 4.26. The highest BCUT2D eigenvalue weighted by Gasteiger charge is 2.24. The van der Waals surface area contributed by atoms with Crippen LogP contribution in [-0.4, -0.2) is 53.8 Å². The van der Waals surface area contributed by atoms with E-state index in [2.05, 4.69) is 30.8 Å². The lowest BCUT2D eigenvalue weighted by molar-refractivity contribution is 0.0375. The maximum absolute atomic E-state index is 5.86. The fourth-order valence-electron chi connectivity index (χ4n) is 3.01. The standard InChI is InChI=1S/C15H22BrN3O2/c16-13-9-17-15(18-10-13)21-14-1-5-19(6-2-14)11-12-3-7-20-8-4-12/h9-10,12,14H,1-8,11H2. The molecule has 0 atom stereocenters. The van der Waals surface area contributed by atoms with Crippen LogP contribution in [0.15, 0.2) is 16.9 Å². The minimum Gasteiger partial charge on any atom is -0.460 e. The summed E-state index contributed by atoms with van der Waals surface area (Å²) in [6, 6.07) is 0.487. The number of aromatic nitrogens is 2. The van der Waals surface area contributed by atoms with Gasteiger partial charge in [-0.1, -0.05) is 0 Å². The van der Waals surface area contributed by atoms with Gasteiger partial charge in [-0.05, 0) is 47.5 Å². The van der Waals surface area contributed by atoms with E-state index in [0.717, 1.165) is 49.5 Å². The summed E-state index contributed by atoms with van der Waals surface area (Å²) in [5.74, 6) is 0.811. The molecule has 2 fully saturated rings. The smallest absolute Gasteiger partial charge is 0.316 e. The Bertz CT molecular complexity index is 429. The number of hydrogen-bond acceptors (Lipinski definition) is 5. The Labute approximate surface area is 134 Å². The molecular weight excluding hydrogens is 334 g/mol. The molecule has 2 saturated heterocycles. The molecule has 5 nitrogen and oxygen atoms in total. The summed E-state index contributed by atoms with van der Waals surface area (Å²) >= 11 is 3.33. The van der Waals surface area contributed by atoms with Crippen LogP contribution in [0.5, 0.6) is 6.01 Å². The number of likely N-dealkylation sites (tertiary alicyclic amines) is 1. The van der Waals surface area contributed by atoms with Crippen LogP contribution in [0.2, 0.25) is 0 Å². The van der Waals surface area contributed by atoms with Crippen LogP contribution < -0.4 is 4.74 Å². The number of piperidine rings is 1. The molecule has 0 aromatic carbocycles. The molecule has 0 amide bonds. The summed E-state index contributed by atoms with van der Waals surface area (Å²) in [6.45, 7) is 5.30. The molecule has 2 aliphatic rings. The van der Waals surface area contributed by atoms with Gasteiger partial charge < -0.3 is 14.4 Å². The van der Waals surface area contributed by atoms with Crippen molar-refractivity contribution in [3.05, 3.63) is 16.9 Å². The fourth-order valence-corrected chi connectivity index (χ4v) is 3.22. The van der Waals surface area contributed by atoms with Crippen LogP contribution in [0.25, 0.3) is 0 Å². The van der Waals surface area contributed by atoms with Crippen LogP contribution in [-0.2, 0) is 4.74 Å². The zero-order valence-corrected chi connectivity index (χ0v) is 13.8. The van der Waals surface area contributed by atoms with Crippen LogP contribution >= 0.6 is 15.9 Å². The molecule has 1 aromatic heterocycles. The Kier molecular flexibility index (Phi) is 5.43. The van der Waals surface area contributed by atoms with Crippen LogP contribution in [0.4, 0.5) is 0 Å². The summed E-state index contributed by atoms with van der Waals surface area (Å²) in [5.41, 5.74) is 0. The number of nitrogens with zero attached hydrogens (tertiary/aromatic N) is 3. The van der Waals surface area contributed by atoms with E-state index in [1.54, 1.807) is 12.4 Å². The molecule has 0 radical (unpaired) electrons. The zero-order valence-electron chi connectivity index (χ0n) is 12.2. The second kappa shape index (κ2) is 7.51. The highest BCUT2D eigenvalue weighted by atomic mass is 79.9. The average Bonchev–Trinajstić information content (AvgIpc) is 2.53. The quantitative estimate of drug-likeness (QED) is 0.830. The molecule has 2 aliphatic heterocycles. The Balaban J connectivity index is 1.41. The van der Waals surface area contributed by atoms with Crippen LogP contribution in [0, 0.1) is 5.92 Å². The summed E-state index contributed by atoms with van der Waals surface area (Å²) in [5, 5.41) is 0. The molecule has 0 unspecified atom stereocenters. The highest BCUT2D eigenvalue weighted by molar-refractivity contribution is 9.10. The normalized spacial score (nSPS) is 22.3. The van der Waals surface area contributed by atoms with Crippen molar-refractivity contribution >= 4 is 15.9 Å². The summed E-state index contributed by atoms with van der Waals surface area (Å²) in [7, 11) is 0. The second-order valence-electron chi connectivity index (χ2n) is 5.86. The summed E-state index contributed by atoms with van der Waals surface area (Å²) < 4.78 is 12.2. The number of hydrogen-bond donors (Lipinski definition) is 0. The van der Waals surface area contributed by atoms with Gasteiger partial charge in [0, 0.05) is 45.2 Å². The van der Waals surface area contributed by atoms with Gasteiger partial charge in [-0.3, -0.25) is 0 Å². The van der Waals surface area contributed by atoms with Crippen LogP contribution in [0.3, 0.4) is 0 Å². The Morgan fingerprint density at radius 1 is 1.14 bits per heavy atom. The van der Waals surface area contributed by atoms with E-state index in [-0.39, 0.29) is 6.10 Å². The molecule has 6 heteroatoms. The van der Waals surface area contributed by atoms with Crippen molar-refractivity contribution in [2.75, 3.05) is 32.8 Å². The second-order valence-corrected chi connectivity index (χ2v) is 6.77. The van der Waals surface area contributed by atoms with Crippen molar-refractivity contribution in [2.45, 2.75) is 31.8 Å². The summed E-state index contributed by atoms with van der Waals surface area (Å²) in [4.78, 5) is 10.9. The van der Waals surface area contributed by atoms with Gasteiger partial charge in [0.25, 0.3) is 0 Å². The largest absolute Gasteiger partial charge is 0.460 e. The average molecular weight is 356 g/mol. The molecule has 0 N–H and O–H groups in total. The minimum atomic E-state index is 0.247. The van der Waals surface area contributed by atoms with E-state index in [9.17, 15) is 0 Å². The first-order valence-electron chi connectivity index (χ1n) is 7.74. The van der Waals surface area contributed by atoms with E-state index in [4.69, 9.17) is 9.47 Å². The molecular formula is C15H22BrN3O2. The Morgan fingerprint density at radius 2 is 1.81 bits per heavy atom.